The van der Waals surface area contributed by atoms with Gasteiger partial charge in [-0.15, -0.1) is 0 Å². The molecule has 0 radical (unpaired) electrons. The summed E-state index contributed by atoms with van der Waals surface area (Å²) in [5, 5.41) is 3.94. The van der Waals surface area contributed by atoms with E-state index in [-0.39, 0.29) is 24.5 Å². The van der Waals surface area contributed by atoms with E-state index < -0.39 is 0 Å². The molecular formula is C50H98N2O8. The van der Waals surface area contributed by atoms with Gasteiger partial charge in [0.1, 0.15) is 0 Å². The largest absolute Gasteiger partial charge is 0.466 e. The van der Waals surface area contributed by atoms with E-state index in [2.05, 4.69) is 45.0 Å². The Morgan fingerprint density at radius 2 is 0.833 bits per heavy atom. The van der Waals surface area contributed by atoms with Crippen LogP contribution in [0.15, 0.2) is 0 Å². The number of unbranched alkanes of at least 4 members (excludes halogenated alkanes) is 16. The molecule has 1 saturated heterocycles. The van der Waals surface area contributed by atoms with Gasteiger partial charge in [0.2, 0.25) is 0 Å². The van der Waals surface area contributed by atoms with Crippen LogP contribution < -0.4 is 5.32 Å². The van der Waals surface area contributed by atoms with Gasteiger partial charge in [-0.05, 0) is 96.8 Å². The molecule has 1 aliphatic heterocycles. The molecule has 0 amide bonds. The van der Waals surface area contributed by atoms with Crippen molar-refractivity contribution in [3.8, 4) is 0 Å². The van der Waals surface area contributed by atoms with Crippen LogP contribution in [0.1, 0.15) is 220 Å². The fourth-order valence-corrected chi connectivity index (χ4v) is 7.68. The maximum atomic E-state index is 12.6. The van der Waals surface area contributed by atoms with Crippen molar-refractivity contribution in [3.05, 3.63) is 0 Å². The quantitative estimate of drug-likeness (QED) is 0.0362. The molecule has 1 fully saturated rings. The number of carbonyl (C=O) groups excluding carboxylic acids is 2. The zero-order valence-corrected chi connectivity index (χ0v) is 40.1. The van der Waals surface area contributed by atoms with Gasteiger partial charge in [-0.25, -0.2) is 0 Å². The fraction of sp³-hybridized carbons (Fsp3) is 0.960. The lowest BCUT2D eigenvalue weighted by Crippen LogP contribution is -2.38. The van der Waals surface area contributed by atoms with Crippen molar-refractivity contribution >= 4 is 11.9 Å². The summed E-state index contributed by atoms with van der Waals surface area (Å²) in [6.07, 6.45) is 30.5. The zero-order chi connectivity index (χ0) is 43.6. The number of ether oxygens (including phenoxy) is 6. The standard InChI is InChI=1S/C50H98N2O8/c1-6-10-14-22-40-57-49(58-41-23-15-11-7-2)32-30-47(53)55-38-26-18-20-28-46(51-44-45-34-36-52(5)37-35-45)29-21-19-27-39-56-48(54)31-33-50(59-42-24-16-12-8-3)60-43-25-17-13-9-4/h45-46,49-51H,6-44H2,1-5H3. The Bertz CT molecular complexity index is 846. The van der Waals surface area contributed by atoms with E-state index in [1.54, 1.807) is 0 Å². The summed E-state index contributed by atoms with van der Waals surface area (Å²) >= 11 is 0. The predicted molar refractivity (Wildman–Crippen MR) is 247 cm³/mol. The summed E-state index contributed by atoms with van der Waals surface area (Å²) in [6.45, 7) is 16.0. The van der Waals surface area contributed by atoms with E-state index in [0.717, 1.165) is 89.5 Å². The van der Waals surface area contributed by atoms with Crippen LogP contribution in [-0.4, -0.2) is 102 Å². The summed E-state index contributed by atoms with van der Waals surface area (Å²) in [5.41, 5.74) is 0. The molecule has 60 heavy (non-hydrogen) atoms. The number of hydrogen-bond donors (Lipinski definition) is 1. The second kappa shape index (κ2) is 43.0. The molecule has 0 unspecified atom stereocenters. The molecule has 0 atom stereocenters. The number of likely N-dealkylation sites (tertiary alicyclic amines) is 1. The van der Waals surface area contributed by atoms with Gasteiger partial charge in [0, 0.05) is 45.3 Å². The third-order valence-electron chi connectivity index (χ3n) is 11.8. The van der Waals surface area contributed by atoms with Crippen LogP contribution in [0, 0.1) is 5.92 Å². The van der Waals surface area contributed by atoms with Crippen molar-refractivity contribution in [2.75, 3.05) is 66.3 Å². The molecule has 0 aromatic rings. The van der Waals surface area contributed by atoms with Crippen LogP contribution in [0.2, 0.25) is 0 Å². The fourth-order valence-electron chi connectivity index (χ4n) is 7.68. The molecule has 0 saturated carbocycles. The number of rotatable bonds is 45. The van der Waals surface area contributed by atoms with Crippen LogP contribution in [0.5, 0.6) is 0 Å². The summed E-state index contributed by atoms with van der Waals surface area (Å²) < 4.78 is 35.4. The van der Waals surface area contributed by atoms with Crippen LogP contribution in [-0.2, 0) is 38.0 Å². The third-order valence-corrected chi connectivity index (χ3v) is 11.8. The zero-order valence-electron chi connectivity index (χ0n) is 40.1. The topological polar surface area (TPSA) is 105 Å². The average Bonchev–Trinajstić information content (AvgIpc) is 3.25. The molecule has 0 aliphatic carbocycles. The number of nitrogens with zero attached hydrogens (tertiary/aromatic N) is 1. The normalized spacial score (nSPS) is 13.9. The molecule has 0 spiro atoms. The van der Waals surface area contributed by atoms with E-state index in [4.69, 9.17) is 28.4 Å². The van der Waals surface area contributed by atoms with Crippen molar-refractivity contribution < 1.29 is 38.0 Å². The lowest BCUT2D eigenvalue weighted by molar-refractivity contribution is -0.159. The lowest BCUT2D eigenvalue weighted by atomic mass is 9.95. The highest BCUT2D eigenvalue weighted by Gasteiger charge is 2.19. The number of nitrogens with one attached hydrogen (secondary N) is 1. The third kappa shape index (κ3) is 36.2. The Kier molecular flexibility index (Phi) is 40.6. The van der Waals surface area contributed by atoms with Gasteiger partial charge in [0.25, 0.3) is 0 Å². The molecule has 10 nitrogen and oxygen atoms in total. The molecule has 0 aromatic heterocycles. The Labute approximate surface area is 370 Å². The van der Waals surface area contributed by atoms with Crippen molar-refractivity contribution in [1.29, 1.82) is 0 Å². The summed E-state index contributed by atoms with van der Waals surface area (Å²) in [4.78, 5) is 27.6. The molecule has 1 aliphatic rings. The maximum Gasteiger partial charge on any atom is 0.305 e. The van der Waals surface area contributed by atoms with Gasteiger partial charge >= 0.3 is 11.9 Å². The van der Waals surface area contributed by atoms with Gasteiger partial charge in [0.15, 0.2) is 12.6 Å². The predicted octanol–water partition coefficient (Wildman–Crippen LogP) is 12.1. The smallest absolute Gasteiger partial charge is 0.305 e. The Hall–Kier alpha value is -1.30. The van der Waals surface area contributed by atoms with E-state index >= 15 is 0 Å². The molecule has 0 aromatic carbocycles. The lowest BCUT2D eigenvalue weighted by Gasteiger charge is -2.30. The van der Waals surface area contributed by atoms with Crippen molar-refractivity contribution in [2.45, 2.75) is 239 Å². The average molecular weight is 855 g/mol. The number of esters is 2. The minimum Gasteiger partial charge on any atom is -0.466 e. The van der Waals surface area contributed by atoms with Crippen LogP contribution >= 0.6 is 0 Å². The number of carbonyl (C=O) groups is 2. The highest BCUT2D eigenvalue weighted by molar-refractivity contribution is 5.69. The summed E-state index contributed by atoms with van der Waals surface area (Å²) in [5.74, 6) is 0.444. The Morgan fingerprint density at radius 1 is 0.483 bits per heavy atom. The number of piperidine rings is 1. The molecular weight excluding hydrogens is 757 g/mol. The Morgan fingerprint density at radius 3 is 1.20 bits per heavy atom. The first-order valence-electron chi connectivity index (χ1n) is 25.6. The summed E-state index contributed by atoms with van der Waals surface area (Å²) in [7, 11) is 2.22. The van der Waals surface area contributed by atoms with Crippen LogP contribution in [0.25, 0.3) is 0 Å². The van der Waals surface area contributed by atoms with Gasteiger partial charge in [0.05, 0.1) is 26.1 Å². The molecule has 356 valence electrons. The van der Waals surface area contributed by atoms with Gasteiger partial charge in [-0.1, -0.05) is 130 Å². The molecule has 1 N–H and O–H groups in total. The molecule has 0 bridgehead atoms. The van der Waals surface area contributed by atoms with Crippen molar-refractivity contribution in [1.82, 2.24) is 10.2 Å². The molecule has 1 heterocycles. The van der Waals surface area contributed by atoms with Crippen molar-refractivity contribution in [2.24, 2.45) is 5.92 Å². The summed E-state index contributed by atoms with van der Waals surface area (Å²) in [6, 6.07) is 0.483. The van der Waals surface area contributed by atoms with E-state index in [9.17, 15) is 9.59 Å². The first kappa shape index (κ1) is 56.7. The van der Waals surface area contributed by atoms with E-state index in [0.29, 0.717) is 71.4 Å². The highest BCUT2D eigenvalue weighted by atomic mass is 16.7. The van der Waals surface area contributed by atoms with E-state index in [1.807, 2.05) is 0 Å². The Balaban J connectivity index is 2.38. The van der Waals surface area contributed by atoms with Crippen LogP contribution in [0.3, 0.4) is 0 Å². The van der Waals surface area contributed by atoms with Gasteiger partial charge in [-0.2, -0.15) is 0 Å². The minimum absolute atomic E-state index is 0.152. The molecule has 1 rings (SSSR count). The highest BCUT2D eigenvalue weighted by Crippen LogP contribution is 2.18. The monoisotopic (exact) mass is 855 g/mol. The molecule has 10 heteroatoms. The van der Waals surface area contributed by atoms with Gasteiger partial charge < -0.3 is 38.6 Å². The van der Waals surface area contributed by atoms with Crippen LogP contribution in [0.4, 0.5) is 0 Å². The maximum absolute atomic E-state index is 12.6. The van der Waals surface area contributed by atoms with Gasteiger partial charge in [-0.3, -0.25) is 9.59 Å². The second-order valence-electron chi connectivity index (χ2n) is 17.7. The first-order chi connectivity index (χ1) is 29.4. The van der Waals surface area contributed by atoms with Crippen molar-refractivity contribution in [3.63, 3.8) is 0 Å². The second-order valence-corrected chi connectivity index (χ2v) is 17.7. The first-order valence-corrected chi connectivity index (χ1v) is 25.6. The van der Waals surface area contributed by atoms with E-state index in [1.165, 1.54) is 103 Å². The SMILES string of the molecule is CCCCCCOC(CCC(=O)OCCCCCC(CCCCCOC(=O)CCC(OCCCCCC)OCCCCCC)NCC1CCN(C)CC1)OCCCCCC. The number of hydrogen-bond acceptors (Lipinski definition) is 10. The minimum atomic E-state index is -0.326.